The van der Waals surface area contributed by atoms with Crippen LogP contribution in [-0.2, 0) is 11.3 Å². The van der Waals surface area contributed by atoms with E-state index in [0.717, 1.165) is 61.9 Å². The Labute approximate surface area is 232 Å². The van der Waals surface area contributed by atoms with Gasteiger partial charge in [0.25, 0.3) is 12.3 Å². The van der Waals surface area contributed by atoms with E-state index in [1.807, 2.05) is 18.3 Å². The minimum atomic E-state index is -2.98. The number of amides is 1. The first-order valence-corrected chi connectivity index (χ1v) is 13.0. The molecule has 0 radical (unpaired) electrons. The zero-order valence-corrected chi connectivity index (χ0v) is 21.7. The molecule has 0 bridgehead atoms. The summed E-state index contributed by atoms with van der Waals surface area (Å²) in [4.78, 5) is 27.7. The van der Waals surface area contributed by atoms with Gasteiger partial charge in [0.15, 0.2) is 5.82 Å². The average molecular weight is 570 g/mol. The van der Waals surface area contributed by atoms with Crippen molar-refractivity contribution in [2.75, 3.05) is 23.4 Å². The standard InChI is InChI=1S/C27H23ClF3N7O2/c28-18-3-2-17(26(30)31)24(25(18)29)19-11-32-12-20(36-19)27(39)35-16-10-34-37(14-16)13-15-1-4-23(33-9-15)38-7-5-22-21(38)6-8-40-22/h1-4,9-12,14,21-22,26H,5-8,13H2,(H,35,39). The van der Waals surface area contributed by atoms with Crippen LogP contribution in [0.5, 0.6) is 0 Å². The minimum Gasteiger partial charge on any atom is -0.376 e. The first kappa shape index (κ1) is 26.2. The van der Waals surface area contributed by atoms with Crippen LogP contribution in [0.1, 0.15) is 40.9 Å². The van der Waals surface area contributed by atoms with Crippen molar-refractivity contribution in [3.05, 3.63) is 82.9 Å². The molecule has 0 aliphatic carbocycles. The van der Waals surface area contributed by atoms with Crippen molar-refractivity contribution < 1.29 is 22.7 Å². The lowest BCUT2D eigenvalue weighted by Gasteiger charge is -2.23. The Bertz CT molecular complexity index is 1550. The molecule has 0 spiro atoms. The number of rotatable bonds is 7. The van der Waals surface area contributed by atoms with Crippen LogP contribution >= 0.6 is 11.6 Å². The molecule has 2 atom stereocenters. The fourth-order valence-electron chi connectivity index (χ4n) is 5.17. The van der Waals surface area contributed by atoms with Gasteiger partial charge in [-0.15, -0.1) is 0 Å². The van der Waals surface area contributed by atoms with Crippen LogP contribution in [-0.4, -0.2) is 55.9 Å². The summed E-state index contributed by atoms with van der Waals surface area (Å²) < 4.78 is 49.1. The topological polar surface area (TPSA) is 98.1 Å². The molecule has 9 nitrogen and oxygen atoms in total. The number of alkyl halides is 2. The van der Waals surface area contributed by atoms with Gasteiger partial charge in [0.2, 0.25) is 0 Å². The maximum absolute atomic E-state index is 14.7. The van der Waals surface area contributed by atoms with Crippen LogP contribution in [0, 0.1) is 5.82 Å². The Morgan fingerprint density at radius 2 is 2.02 bits per heavy atom. The molecule has 3 aromatic heterocycles. The fourth-order valence-corrected chi connectivity index (χ4v) is 5.32. The number of nitrogens with zero attached hydrogens (tertiary/aromatic N) is 6. The van der Waals surface area contributed by atoms with Gasteiger partial charge >= 0.3 is 0 Å². The summed E-state index contributed by atoms with van der Waals surface area (Å²) >= 11 is 5.80. The molecule has 1 aromatic carbocycles. The lowest BCUT2D eigenvalue weighted by atomic mass is 10.0. The summed E-state index contributed by atoms with van der Waals surface area (Å²) in [7, 11) is 0. The zero-order valence-electron chi connectivity index (χ0n) is 21.0. The molecule has 40 heavy (non-hydrogen) atoms. The largest absolute Gasteiger partial charge is 0.376 e. The third kappa shape index (κ3) is 5.11. The highest BCUT2D eigenvalue weighted by atomic mass is 35.5. The molecule has 2 aliphatic heterocycles. The van der Waals surface area contributed by atoms with E-state index in [-0.39, 0.29) is 16.4 Å². The van der Waals surface area contributed by atoms with Crippen LogP contribution in [0.4, 0.5) is 24.7 Å². The Kier molecular flexibility index (Phi) is 7.11. The highest BCUT2D eigenvalue weighted by Gasteiger charge is 2.39. The smallest absolute Gasteiger partial charge is 0.275 e. The van der Waals surface area contributed by atoms with Crippen molar-refractivity contribution in [1.82, 2.24) is 24.7 Å². The Morgan fingerprint density at radius 3 is 2.83 bits per heavy atom. The molecule has 2 unspecified atom stereocenters. The van der Waals surface area contributed by atoms with Crippen LogP contribution in [0.3, 0.4) is 0 Å². The molecule has 13 heteroatoms. The van der Waals surface area contributed by atoms with E-state index in [4.69, 9.17) is 16.3 Å². The van der Waals surface area contributed by atoms with E-state index in [2.05, 4.69) is 30.3 Å². The molecule has 4 aromatic rings. The molecule has 2 aliphatic rings. The summed E-state index contributed by atoms with van der Waals surface area (Å²) in [6.07, 6.45) is 6.50. The zero-order chi connectivity index (χ0) is 27.8. The number of hydrogen-bond donors (Lipinski definition) is 1. The van der Waals surface area contributed by atoms with Gasteiger partial charge in [-0.1, -0.05) is 23.7 Å². The summed E-state index contributed by atoms with van der Waals surface area (Å²) in [6, 6.07) is 6.44. The number of benzene rings is 1. The second-order valence-corrected chi connectivity index (χ2v) is 9.98. The van der Waals surface area contributed by atoms with E-state index in [0.29, 0.717) is 24.4 Å². The summed E-state index contributed by atoms with van der Waals surface area (Å²) in [6.45, 7) is 2.15. The molecule has 0 saturated carbocycles. The van der Waals surface area contributed by atoms with Gasteiger partial charge in [0.1, 0.15) is 11.5 Å². The number of ether oxygens (including phenoxy) is 1. The highest BCUT2D eigenvalue weighted by molar-refractivity contribution is 6.31. The van der Waals surface area contributed by atoms with Gasteiger partial charge in [-0.2, -0.15) is 5.10 Å². The third-order valence-electron chi connectivity index (χ3n) is 7.05. The Balaban J connectivity index is 1.13. The lowest BCUT2D eigenvalue weighted by molar-refractivity contribution is 0.102. The predicted octanol–water partition coefficient (Wildman–Crippen LogP) is 5.13. The number of nitrogens with one attached hydrogen (secondary N) is 1. The average Bonchev–Trinajstić information content (AvgIpc) is 3.69. The number of halogens is 4. The van der Waals surface area contributed by atoms with Gasteiger partial charge in [-0.05, 0) is 30.5 Å². The van der Waals surface area contributed by atoms with Crippen molar-refractivity contribution in [2.24, 2.45) is 0 Å². The molecule has 1 amide bonds. The van der Waals surface area contributed by atoms with Crippen molar-refractivity contribution >= 4 is 29.0 Å². The quantitative estimate of drug-likeness (QED) is 0.329. The van der Waals surface area contributed by atoms with E-state index in [1.54, 1.807) is 10.9 Å². The predicted molar refractivity (Wildman–Crippen MR) is 141 cm³/mol. The molecular formula is C27H23ClF3N7O2. The maximum Gasteiger partial charge on any atom is 0.275 e. The van der Waals surface area contributed by atoms with Gasteiger partial charge in [-0.3, -0.25) is 14.5 Å². The second-order valence-electron chi connectivity index (χ2n) is 9.57. The molecule has 6 rings (SSSR count). The fraction of sp³-hybridized carbons (Fsp3) is 0.296. The monoisotopic (exact) mass is 569 g/mol. The van der Waals surface area contributed by atoms with Crippen LogP contribution < -0.4 is 10.2 Å². The van der Waals surface area contributed by atoms with Gasteiger partial charge in [0.05, 0.1) is 53.7 Å². The molecule has 206 valence electrons. The first-order valence-electron chi connectivity index (χ1n) is 12.6. The normalized spacial score (nSPS) is 18.4. The first-order chi connectivity index (χ1) is 19.4. The van der Waals surface area contributed by atoms with E-state index >= 15 is 0 Å². The van der Waals surface area contributed by atoms with Crippen LogP contribution in [0.25, 0.3) is 11.3 Å². The highest BCUT2D eigenvalue weighted by Crippen LogP contribution is 2.35. The lowest BCUT2D eigenvalue weighted by Crippen LogP contribution is -2.32. The number of aromatic nitrogens is 5. The number of carbonyl (C=O) groups excluding carboxylic acids is 1. The summed E-state index contributed by atoms with van der Waals surface area (Å²) in [5, 5.41) is 6.58. The third-order valence-corrected chi connectivity index (χ3v) is 7.35. The number of carbonyl (C=O) groups is 1. The second kappa shape index (κ2) is 10.9. The SMILES string of the molecule is O=C(Nc1cnn(Cc2ccc(N3CCC4OCCC43)nc2)c1)c1cncc(-c2c(C(F)F)ccc(Cl)c2F)n1. The molecule has 2 fully saturated rings. The number of anilines is 2. The van der Waals surface area contributed by atoms with Crippen molar-refractivity contribution in [2.45, 2.75) is 38.0 Å². The van der Waals surface area contributed by atoms with E-state index < -0.39 is 29.3 Å². The molecular weight excluding hydrogens is 547 g/mol. The molecule has 5 heterocycles. The number of hydrogen-bond acceptors (Lipinski definition) is 7. The van der Waals surface area contributed by atoms with Gasteiger partial charge < -0.3 is 15.0 Å². The minimum absolute atomic E-state index is 0.193. The van der Waals surface area contributed by atoms with Gasteiger partial charge in [-0.25, -0.2) is 23.1 Å². The van der Waals surface area contributed by atoms with Crippen LogP contribution in [0.2, 0.25) is 5.02 Å². The Hall–Kier alpha value is -4.03. The molecule has 2 saturated heterocycles. The summed E-state index contributed by atoms with van der Waals surface area (Å²) in [5.74, 6) is -0.801. The van der Waals surface area contributed by atoms with Crippen molar-refractivity contribution in [1.29, 1.82) is 0 Å². The van der Waals surface area contributed by atoms with E-state index in [9.17, 15) is 18.0 Å². The Morgan fingerprint density at radius 1 is 1.15 bits per heavy atom. The van der Waals surface area contributed by atoms with Crippen molar-refractivity contribution in [3.8, 4) is 11.3 Å². The number of pyridine rings is 1. The van der Waals surface area contributed by atoms with Crippen molar-refractivity contribution in [3.63, 3.8) is 0 Å². The van der Waals surface area contributed by atoms with E-state index in [1.165, 1.54) is 6.20 Å². The van der Waals surface area contributed by atoms with Crippen LogP contribution in [0.15, 0.2) is 55.2 Å². The summed E-state index contributed by atoms with van der Waals surface area (Å²) in [5.41, 5.74) is -0.220. The van der Waals surface area contributed by atoms with Gasteiger partial charge in [0, 0.05) is 36.7 Å². The number of fused-ring (bicyclic) bond motifs is 1. The maximum atomic E-state index is 14.7. The molecule has 1 N–H and O–H groups in total.